The molecule has 11 heteroatoms. The lowest BCUT2D eigenvalue weighted by Gasteiger charge is -2.28. The van der Waals surface area contributed by atoms with E-state index >= 15 is 0 Å². The normalized spacial score (nSPS) is 24.1. The second-order valence-corrected chi connectivity index (χ2v) is 9.99. The molecule has 0 bridgehead atoms. The lowest BCUT2D eigenvalue weighted by molar-refractivity contribution is -0.122. The van der Waals surface area contributed by atoms with E-state index in [-0.39, 0.29) is 28.1 Å². The lowest BCUT2D eigenvalue weighted by Crippen LogP contribution is -2.34. The highest BCUT2D eigenvalue weighted by atomic mass is 35.5. The molecule has 0 spiro atoms. The molecular weight excluding hydrogens is 526 g/mol. The number of hydrogen-bond acceptors (Lipinski definition) is 5. The number of imide groups is 1. The highest BCUT2D eigenvalue weighted by Gasteiger charge is 2.52. The molecule has 34 heavy (non-hydrogen) atoms. The van der Waals surface area contributed by atoms with Crippen molar-refractivity contribution in [2.45, 2.75) is 23.6 Å². The predicted molar refractivity (Wildman–Crippen MR) is 130 cm³/mol. The van der Waals surface area contributed by atoms with Gasteiger partial charge in [-0.2, -0.15) is 0 Å². The van der Waals surface area contributed by atoms with Gasteiger partial charge < -0.3 is 10.1 Å². The van der Waals surface area contributed by atoms with E-state index in [4.69, 9.17) is 51.1 Å². The molecule has 7 nitrogen and oxygen atoms in total. The maximum Gasteiger partial charge on any atom is 0.338 e. The van der Waals surface area contributed by atoms with Crippen LogP contribution in [0.25, 0.3) is 0 Å². The smallest absolute Gasteiger partial charge is 0.338 e. The van der Waals surface area contributed by atoms with Crippen molar-refractivity contribution in [2.75, 3.05) is 16.8 Å². The molecule has 0 aromatic heterocycles. The molecule has 1 aliphatic heterocycles. The Morgan fingerprint density at radius 3 is 2.24 bits per heavy atom. The van der Waals surface area contributed by atoms with Gasteiger partial charge in [0.2, 0.25) is 11.8 Å². The fraction of sp³-hybridized carbons (Fsp3) is 0.304. The minimum absolute atomic E-state index is 0.0794. The first-order valence-electron chi connectivity index (χ1n) is 10.3. The Labute approximate surface area is 215 Å². The first-order chi connectivity index (χ1) is 16.2. The third kappa shape index (κ3) is 5.03. The molecular formula is C23H18Cl4N2O5. The maximum absolute atomic E-state index is 12.9. The van der Waals surface area contributed by atoms with Crippen LogP contribution in [0.4, 0.5) is 11.4 Å². The van der Waals surface area contributed by atoms with Crippen molar-refractivity contribution in [1.29, 1.82) is 0 Å². The monoisotopic (exact) mass is 542 g/mol. The quantitative estimate of drug-likeness (QED) is 0.329. The summed E-state index contributed by atoms with van der Waals surface area (Å²) in [6.07, 6.45) is 0.631. The van der Waals surface area contributed by atoms with Crippen LogP contribution in [0.5, 0.6) is 0 Å². The van der Waals surface area contributed by atoms with Gasteiger partial charge in [-0.3, -0.25) is 19.3 Å². The molecule has 4 atom stereocenters. The first-order valence-corrected chi connectivity index (χ1v) is 12.0. The summed E-state index contributed by atoms with van der Waals surface area (Å²) in [7, 11) is 0. The van der Waals surface area contributed by atoms with Crippen LogP contribution < -0.4 is 10.2 Å². The van der Waals surface area contributed by atoms with Crippen molar-refractivity contribution in [2.24, 2.45) is 11.8 Å². The molecule has 3 amide bonds. The number of halogens is 4. The van der Waals surface area contributed by atoms with Crippen LogP contribution in [-0.4, -0.2) is 41.1 Å². The molecule has 1 aliphatic carbocycles. The zero-order chi connectivity index (χ0) is 24.6. The number of carbonyl (C=O) groups excluding carboxylic acids is 4. The summed E-state index contributed by atoms with van der Waals surface area (Å²) in [5.41, 5.74) is 0.643. The Balaban J connectivity index is 1.42. The summed E-state index contributed by atoms with van der Waals surface area (Å²) in [4.78, 5) is 51.6. The van der Waals surface area contributed by atoms with Crippen LogP contribution in [-0.2, 0) is 19.1 Å². The average molecular weight is 544 g/mol. The van der Waals surface area contributed by atoms with Gasteiger partial charge >= 0.3 is 5.97 Å². The molecule has 178 valence electrons. The van der Waals surface area contributed by atoms with Crippen molar-refractivity contribution in [1.82, 2.24) is 0 Å². The zero-order valence-corrected chi connectivity index (χ0v) is 20.5. The topological polar surface area (TPSA) is 92.8 Å². The van der Waals surface area contributed by atoms with Crippen molar-refractivity contribution >= 4 is 81.5 Å². The standard InChI is InChI=1S/C23H18Cl4N2O5/c24-12-4-5-19(18(27)7-12)28-20(30)10-34-23(33)11-2-1-3-13(6-11)29-21(31)14-8-16(25)17(26)9-15(14)22(29)32/h1-7,14-17H,8-10H2,(H,28,30)/t14-,15+,16+,17-. The van der Waals surface area contributed by atoms with Gasteiger partial charge in [0.25, 0.3) is 5.91 Å². The zero-order valence-electron chi connectivity index (χ0n) is 17.5. The van der Waals surface area contributed by atoms with E-state index in [0.717, 1.165) is 4.90 Å². The fourth-order valence-electron chi connectivity index (χ4n) is 4.11. The number of nitrogens with zero attached hydrogens (tertiary/aromatic N) is 1. The Morgan fingerprint density at radius 1 is 0.971 bits per heavy atom. The molecule has 0 radical (unpaired) electrons. The molecule has 2 aromatic rings. The fourth-order valence-corrected chi connectivity index (χ4v) is 5.16. The molecule has 4 rings (SSSR count). The van der Waals surface area contributed by atoms with Crippen LogP contribution in [0.1, 0.15) is 23.2 Å². The molecule has 1 N–H and O–H groups in total. The minimum atomic E-state index is -0.794. The lowest BCUT2D eigenvalue weighted by atomic mass is 9.80. The SMILES string of the molecule is O=C(COC(=O)c1cccc(N2C(=O)[C@H]3C[C@@H](Cl)[C@@H](Cl)C[C@H]3C2=O)c1)Nc1ccc(Cl)cc1Cl. The largest absolute Gasteiger partial charge is 0.452 e. The van der Waals surface area contributed by atoms with Crippen LogP contribution in [0.2, 0.25) is 10.0 Å². The van der Waals surface area contributed by atoms with E-state index < -0.39 is 41.1 Å². The summed E-state index contributed by atoms with van der Waals surface area (Å²) in [5.74, 6) is -3.21. The van der Waals surface area contributed by atoms with E-state index in [1.807, 2.05) is 0 Å². The molecule has 2 fully saturated rings. The Bertz CT molecular complexity index is 1150. The van der Waals surface area contributed by atoms with Gasteiger partial charge in [0.1, 0.15) is 0 Å². The highest BCUT2D eigenvalue weighted by molar-refractivity contribution is 6.36. The van der Waals surface area contributed by atoms with Gasteiger partial charge in [-0.05, 0) is 49.2 Å². The molecule has 1 heterocycles. The van der Waals surface area contributed by atoms with Crippen molar-refractivity contribution < 1.29 is 23.9 Å². The summed E-state index contributed by atoms with van der Waals surface area (Å²) in [5, 5.41) is 2.38. The third-order valence-corrected chi connectivity index (χ3v) is 7.43. The van der Waals surface area contributed by atoms with E-state index in [1.165, 1.54) is 30.3 Å². The summed E-state index contributed by atoms with van der Waals surface area (Å²) < 4.78 is 5.08. The number of fused-ring (bicyclic) bond motifs is 1. The second-order valence-electron chi connectivity index (χ2n) is 8.03. The number of benzene rings is 2. The van der Waals surface area contributed by atoms with Crippen LogP contribution in [0, 0.1) is 11.8 Å². The molecule has 2 aliphatic rings. The summed E-state index contributed by atoms with van der Waals surface area (Å²) in [6, 6.07) is 10.5. The van der Waals surface area contributed by atoms with Crippen molar-refractivity contribution in [3.8, 4) is 0 Å². The summed E-state index contributed by atoms with van der Waals surface area (Å²) >= 11 is 24.3. The number of esters is 1. The Hall–Kier alpha value is -2.32. The van der Waals surface area contributed by atoms with Crippen molar-refractivity contribution in [3.05, 3.63) is 58.1 Å². The van der Waals surface area contributed by atoms with Crippen LogP contribution >= 0.6 is 46.4 Å². The highest BCUT2D eigenvalue weighted by Crippen LogP contribution is 2.43. The number of anilines is 2. The van der Waals surface area contributed by atoms with Gasteiger partial charge in [0.05, 0.1) is 44.6 Å². The van der Waals surface area contributed by atoms with E-state index in [9.17, 15) is 19.2 Å². The van der Waals surface area contributed by atoms with E-state index in [2.05, 4.69) is 5.32 Å². The van der Waals surface area contributed by atoms with Gasteiger partial charge in [-0.15, -0.1) is 23.2 Å². The third-order valence-electron chi connectivity index (χ3n) is 5.79. The van der Waals surface area contributed by atoms with Crippen LogP contribution in [0.3, 0.4) is 0 Å². The van der Waals surface area contributed by atoms with Gasteiger partial charge in [0.15, 0.2) is 6.61 Å². The molecule has 1 saturated heterocycles. The van der Waals surface area contributed by atoms with E-state index in [1.54, 1.807) is 12.1 Å². The molecule has 1 saturated carbocycles. The first kappa shape index (κ1) is 24.8. The number of nitrogens with one attached hydrogen (secondary N) is 1. The molecule has 0 unspecified atom stereocenters. The van der Waals surface area contributed by atoms with E-state index in [0.29, 0.717) is 23.6 Å². The predicted octanol–water partition coefficient (Wildman–Crippen LogP) is 4.90. The number of rotatable bonds is 5. The second kappa shape index (κ2) is 10.1. The van der Waals surface area contributed by atoms with Gasteiger partial charge in [-0.25, -0.2) is 4.79 Å². The average Bonchev–Trinajstić information content (AvgIpc) is 3.03. The number of amides is 3. The van der Waals surface area contributed by atoms with Crippen molar-refractivity contribution in [3.63, 3.8) is 0 Å². The van der Waals surface area contributed by atoms with Gasteiger partial charge in [0, 0.05) is 5.02 Å². The Morgan fingerprint density at radius 2 is 1.62 bits per heavy atom. The maximum atomic E-state index is 12.9. The Kier molecular flexibility index (Phi) is 7.38. The number of carbonyl (C=O) groups is 4. The summed E-state index contributed by atoms with van der Waals surface area (Å²) in [6.45, 7) is -0.567. The number of ether oxygens (including phenoxy) is 1. The minimum Gasteiger partial charge on any atom is -0.452 e. The number of hydrogen-bond donors (Lipinski definition) is 1. The number of alkyl halides is 2. The molecule has 2 aromatic carbocycles. The van der Waals surface area contributed by atoms with Gasteiger partial charge in [-0.1, -0.05) is 29.3 Å². The van der Waals surface area contributed by atoms with Crippen LogP contribution in [0.15, 0.2) is 42.5 Å².